The third-order valence-corrected chi connectivity index (χ3v) is 5.38. The van der Waals surface area contributed by atoms with E-state index in [0.717, 1.165) is 30.9 Å². The third-order valence-electron chi connectivity index (χ3n) is 5.38. The Morgan fingerprint density at radius 3 is 2.55 bits per heavy atom. The minimum Gasteiger partial charge on any atom is -0.313 e. The molecular formula is C17H21F2N. The quantitative estimate of drug-likeness (QED) is 0.866. The van der Waals surface area contributed by atoms with Crippen LogP contribution in [0.1, 0.15) is 37.7 Å². The number of rotatable bonds is 5. The van der Waals surface area contributed by atoms with Crippen molar-refractivity contribution in [2.45, 2.75) is 44.6 Å². The molecule has 1 nitrogen and oxygen atoms in total. The van der Waals surface area contributed by atoms with Gasteiger partial charge >= 0.3 is 0 Å². The molecule has 0 saturated heterocycles. The van der Waals surface area contributed by atoms with E-state index in [0.29, 0.717) is 11.6 Å². The summed E-state index contributed by atoms with van der Waals surface area (Å²) in [6, 6.07) is 4.73. The molecular weight excluding hydrogens is 256 g/mol. The number of halogens is 2. The highest BCUT2D eigenvalue weighted by atomic mass is 19.1. The van der Waals surface area contributed by atoms with Crippen molar-refractivity contribution in [3.63, 3.8) is 0 Å². The lowest BCUT2D eigenvalue weighted by Crippen LogP contribution is -2.36. The fourth-order valence-corrected chi connectivity index (χ4v) is 4.07. The van der Waals surface area contributed by atoms with E-state index in [1.165, 1.54) is 38.2 Å². The molecule has 0 amide bonds. The zero-order valence-corrected chi connectivity index (χ0v) is 11.7. The molecule has 0 bridgehead atoms. The van der Waals surface area contributed by atoms with Crippen molar-refractivity contribution in [2.24, 2.45) is 17.3 Å². The largest absolute Gasteiger partial charge is 0.313 e. The van der Waals surface area contributed by atoms with Gasteiger partial charge in [0.2, 0.25) is 0 Å². The second kappa shape index (κ2) is 4.52. The van der Waals surface area contributed by atoms with E-state index in [9.17, 15) is 8.78 Å². The third kappa shape index (κ3) is 2.48. The van der Waals surface area contributed by atoms with E-state index in [2.05, 4.69) is 5.32 Å². The molecule has 0 aliphatic heterocycles. The van der Waals surface area contributed by atoms with E-state index in [1.54, 1.807) is 6.07 Å². The van der Waals surface area contributed by atoms with Crippen molar-refractivity contribution in [3.05, 3.63) is 35.4 Å². The summed E-state index contributed by atoms with van der Waals surface area (Å²) < 4.78 is 27.0. The molecule has 0 aromatic heterocycles. The molecule has 3 aliphatic carbocycles. The van der Waals surface area contributed by atoms with Crippen molar-refractivity contribution in [1.82, 2.24) is 5.32 Å². The molecule has 2 atom stereocenters. The molecule has 0 spiro atoms. The summed E-state index contributed by atoms with van der Waals surface area (Å²) >= 11 is 0. The predicted octanol–water partition coefficient (Wildman–Crippen LogP) is 3.68. The van der Waals surface area contributed by atoms with Gasteiger partial charge in [0, 0.05) is 18.7 Å². The van der Waals surface area contributed by atoms with Gasteiger partial charge in [-0.1, -0.05) is 6.07 Å². The molecule has 0 radical (unpaired) electrons. The van der Waals surface area contributed by atoms with E-state index < -0.39 is 5.82 Å². The Morgan fingerprint density at radius 1 is 1.15 bits per heavy atom. The Labute approximate surface area is 118 Å². The summed E-state index contributed by atoms with van der Waals surface area (Å²) in [4.78, 5) is 0. The van der Waals surface area contributed by atoms with Crippen molar-refractivity contribution in [3.8, 4) is 0 Å². The minimum absolute atomic E-state index is 0.203. The van der Waals surface area contributed by atoms with Crippen molar-refractivity contribution in [1.29, 1.82) is 0 Å². The summed E-state index contributed by atoms with van der Waals surface area (Å²) in [7, 11) is 0. The second-order valence-corrected chi connectivity index (χ2v) is 7.23. The van der Waals surface area contributed by atoms with Crippen LogP contribution in [0.15, 0.2) is 18.2 Å². The lowest BCUT2D eigenvalue weighted by molar-refractivity contribution is 0.244. The normalized spacial score (nSPS) is 35.1. The zero-order valence-electron chi connectivity index (χ0n) is 11.7. The van der Waals surface area contributed by atoms with Crippen LogP contribution in [0.5, 0.6) is 0 Å². The van der Waals surface area contributed by atoms with E-state index in [4.69, 9.17) is 0 Å². The Bertz CT molecular complexity index is 514. The van der Waals surface area contributed by atoms with Gasteiger partial charge < -0.3 is 5.32 Å². The Kier molecular flexibility index (Phi) is 2.88. The first-order chi connectivity index (χ1) is 9.63. The average molecular weight is 277 g/mol. The molecule has 108 valence electrons. The standard InChI is InChI=1S/C17H21F2N/c18-14-2-1-11(16(19)6-14)7-17(10-20-15-3-4-15)8-12-5-13(12)9-17/h1-2,6,12-13,15,20H,3-5,7-10H2. The predicted molar refractivity (Wildman–Crippen MR) is 74.4 cm³/mol. The highest BCUT2D eigenvalue weighted by Crippen LogP contribution is 2.60. The monoisotopic (exact) mass is 277 g/mol. The summed E-state index contributed by atoms with van der Waals surface area (Å²) in [6.07, 6.45) is 7.13. The molecule has 4 rings (SSSR count). The van der Waals surface area contributed by atoms with Gasteiger partial charge in [-0.15, -0.1) is 0 Å². The number of fused-ring (bicyclic) bond motifs is 1. The molecule has 3 saturated carbocycles. The van der Waals surface area contributed by atoms with Crippen molar-refractivity contribution in [2.75, 3.05) is 6.54 Å². The van der Waals surface area contributed by atoms with Crippen LogP contribution in [-0.4, -0.2) is 12.6 Å². The number of hydrogen-bond donors (Lipinski definition) is 1. The summed E-state index contributed by atoms with van der Waals surface area (Å²) in [5.41, 5.74) is 0.889. The summed E-state index contributed by atoms with van der Waals surface area (Å²) in [5, 5.41) is 3.64. The minimum atomic E-state index is -0.481. The molecule has 20 heavy (non-hydrogen) atoms. The van der Waals surface area contributed by atoms with Gasteiger partial charge in [-0.05, 0) is 67.4 Å². The first-order valence-electron chi connectivity index (χ1n) is 7.81. The molecule has 1 aromatic rings. The van der Waals surface area contributed by atoms with E-state index in [1.807, 2.05) is 0 Å². The molecule has 1 N–H and O–H groups in total. The Balaban J connectivity index is 1.51. The molecule has 2 unspecified atom stereocenters. The second-order valence-electron chi connectivity index (χ2n) is 7.23. The summed E-state index contributed by atoms with van der Waals surface area (Å²) in [6.45, 7) is 1.00. The first-order valence-corrected chi connectivity index (χ1v) is 7.81. The van der Waals surface area contributed by atoms with Gasteiger partial charge in [0.05, 0.1) is 0 Å². The molecule has 3 heteroatoms. The number of nitrogens with one attached hydrogen (secondary N) is 1. The Morgan fingerprint density at radius 2 is 1.90 bits per heavy atom. The van der Waals surface area contributed by atoms with Gasteiger partial charge in [-0.25, -0.2) is 8.78 Å². The van der Waals surface area contributed by atoms with Crippen LogP contribution >= 0.6 is 0 Å². The fraction of sp³-hybridized carbons (Fsp3) is 0.647. The highest BCUT2D eigenvalue weighted by molar-refractivity contribution is 5.22. The zero-order chi connectivity index (χ0) is 13.7. The molecule has 3 aliphatic rings. The first kappa shape index (κ1) is 12.8. The summed E-state index contributed by atoms with van der Waals surface area (Å²) in [5.74, 6) is 0.890. The smallest absolute Gasteiger partial charge is 0.129 e. The number of hydrogen-bond acceptors (Lipinski definition) is 1. The van der Waals surface area contributed by atoms with Crippen LogP contribution in [0.25, 0.3) is 0 Å². The van der Waals surface area contributed by atoms with Gasteiger partial charge in [-0.3, -0.25) is 0 Å². The van der Waals surface area contributed by atoms with Crippen molar-refractivity contribution < 1.29 is 8.78 Å². The van der Waals surface area contributed by atoms with Crippen LogP contribution in [0, 0.1) is 28.9 Å². The van der Waals surface area contributed by atoms with Gasteiger partial charge in [0.25, 0.3) is 0 Å². The van der Waals surface area contributed by atoms with Crippen LogP contribution in [0.3, 0.4) is 0 Å². The fourth-order valence-electron chi connectivity index (χ4n) is 4.07. The Hall–Kier alpha value is -0.960. The maximum absolute atomic E-state index is 13.9. The lowest BCUT2D eigenvalue weighted by Gasteiger charge is -2.32. The van der Waals surface area contributed by atoms with Crippen LogP contribution in [-0.2, 0) is 6.42 Å². The highest BCUT2D eigenvalue weighted by Gasteiger charge is 2.53. The van der Waals surface area contributed by atoms with Crippen LogP contribution < -0.4 is 5.32 Å². The van der Waals surface area contributed by atoms with Gasteiger partial charge in [0.1, 0.15) is 11.6 Å². The van der Waals surface area contributed by atoms with E-state index in [-0.39, 0.29) is 11.2 Å². The van der Waals surface area contributed by atoms with Crippen molar-refractivity contribution >= 4 is 0 Å². The van der Waals surface area contributed by atoms with Gasteiger partial charge in [-0.2, -0.15) is 0 Å². The maximum atomic E-state index is 13.9. The molecule has 3 fully saturated rings. The van der Waals surface area contributed by atoms with Crippen LogP contribution in [0.2, 0.25) is 0 Å². The maximum Gasteiger partial charge on any atom is 0.129 e. The average Bonchev–Trinajstić information content (AvgIpc) is 3.32. The lowest BCUT2D eigenvalue weighted by atomic mass is 9.77. The number of benzene rings is 1. The van der Waals surface area contributed by atoms with Crippen LogP contribution in [0.4, 0.5) is 8.78 Å². The van der Waals surface area contributed by atoms with Gasteiger partial charge in [0.15, 0.2) is 0 Å². The van der Waals surface area contributed by atoms with E-state index >= 15 is 0 Å². The topological polar surface area (TPSA) is 12.0 Å². The molecule has 0 heterocycles. The SMILES string of the molecule is Fc1ccc(CC2(CNC3CC3)CC3CC3C2)c(F)c1. The molecule has 1 aromatic carbocycles.